The summed E-state index contributed by atoms with van der Waals surface area (Å²) < 4.78 is 37.9. The molecular weight excluding hydrogens is 281 g/mol. The Morgan fingerprint density at radius 2 is 1.90 bits per heavy atom. The van der Waals surface area contributed by atoms with Crippen LogP contribution in [0.15, 0.2) is 6.07 Å². The number of nitrogens with zero attached hydrogens (tertiary/aromatic N) is 2. The molecule has 1 fully saturated rings. The van der Waals surface area contributed by atoms with Gasteiger partial charge in [0.15, 0.2) is 5.69 Å². The highest BCUT2D eigenvalue weighted by molar-refractivity contribution is 5.41. The van der Waals surface area contributed by atoms with Crippen LogP contribution in [0.3, 0.4) is 0 Å². The Kier molecular flexibility index (Phi) is 4.90. The Balaban J connectivity index is 1.87. The molecular formula is C14H21F3N4. The maximum atomic E-state index is 12.6. The highest BCUT2D eigenvalue weighted by atomic mass is 19.4. The van der Waals surface area contributed by atoms with Gasteiger partial charge in [-0.25, -0.2) is 4.98 Å². The Bertz CT molecular complexity index is 468. The van der Waals surface area contributed by atoms with Crippen molar-refractivity contribution in [2.75, 3.05) is 17.6 Å². The molecule has 0 unspecified atom stereocenters. The Hall–Kier alpha value is -1.53. The van der Waals surface area contributed by atoms with Crippen molar-refractivity contribution in [2.45, 2.75) is 45.2 Å². The van der Waals surface area contributed by atoms with Crippen LogP contribution in [0, 0.1) is 11.8 Å². The van der Waals surface area contributed by atoms with E-state index in [0.717, 1.165) is 18.4 Å². The van der Waals surface area contributed by atoms with E-state index in [4.69, 9.17) is 5.73 Å². The molecule has 0 radical (unpaired) electrons. The lowest BCUT2D eigenvalue weighted by atomic mass is 9.81. The lowest BCUT2D eigenvalue weighted by Crippen LogP contribution is -2.17. The minimum absolute atomic E-state index is 0.138. The average molecular weight is 302 g/mol. The van der Waals surface area contributed by atoms with Crippen molar-refractivity contribution < 1.29 is 13.2 Å². The van der Waals surface area contributed by atoms with Crippen molar-refractivity contribution in [2.24, 2.45) is 11.8 Å². The number of hydrogen-bond donors (Lipinski definition) is 2. The van der Waals surface area contributed by atoms with Gasteiger partial charge >= 0.3 is 6.18 Å². The van der Waals surface area contributed by atoms with Gasteiger partial charge in [0.2, 0.25) is 5.95 Å². The number of nitrogens with one attached hydrogen (secondary N) is 1. The topological polar surface area (TPSA) is 63.8 Å². The van der Waals surface area contributed by atoms with Gasteiger partial charge in [-0.1, -0.05) is 32.6 Å². The molecule has 4 nitrogen and oxygen atoms in total. The van der Waals surface area contributed by atoms with Crippen LogP contribution in [0.5, 0.6) is 0 Å². The van der Waals surface area contributed by atoms with E-state index in [9.17, 15) is 13.2 Å². The molecule has 0 amide bonds. The highest BCUT2D eigenvalue weighted by Crippen LogP contribution is 2.31. The summed E-state index contributed by atoms with van der Waals surface area (Å²) in [6.45, 7) is 2.86. The molecule has 0 atom stereocenters. The smallest absolute Gasteiger partial charge is 0.370 e. The number of nitrogens with two attached hydrogens (primary N) is 1. The van der Waals surface area contributed by atoms with Crippen LogP contribution in [-0.2, 0) is 6.18 Å². The minimum Gasteiger partial charge on any atom is -0.370 e. The van der Waals surface area contributed by atoms with E-state index in [2.05, 4.69) is 22.2 Å². The van der Waals surface area contributed by atoms with E-state index in [0.29, 0.717) is 12.5 Å². The van der Waals surface area contributed by atoms with Gasteiger partial charge in [-0.3, -0.25) is 0 Å². The zero-order chi connectivity index (χ0) is 15.5. The number of nitrogen functional groups attached to an aromatic ring is 1. The second kappa shape index (κ2) is 6.49. The predicted molar refractivity (Wildman–Crippen MR) is 75.7 cm³/mol. The standard InChI is InChI=1S/C14H21F3N4/c1-9-2-4-10(5-3-9)6-7-19-12-8-11(14(15,16)17)20-13(18)21-12/h8-10H,2-7H2,1H3,(H3,18,19,20,21). The Morgan fingerprint density at radius 1 is 1.24 bits per heavy atom. The molecule has 1 aliphatic carbocycles. The van der Waals surface area contributed by atoms with Gasteiger partial charge in [-0.05, 0) is 18.3 Å². The molecule has 0 spiro atoms. The van der Waals surface area contributed by atoms with Crippen molar-refractivity contribution >= 4 is 11.8 Å². The van der Waals surface area contributed by atoms with Crippen LogP contribution < -0.4 is 11.1 Å². The summed E-state index contributed by atoms with van der Waals surface area (Å²) in [7, 11) is 0. The van der Waals surface area contributed by atoms with Gasteiger partial charge < -0.3 is 11.1 Å². The van der Waals surface area contributed by atoms with E-state index >= 15 is 0 Å². The fourth-order valence-corrected chi connectivity index (χ4v) is 2.72. The van der Waals surface area contributed by atoms with E-state index in [1.54, 1.807) is 0 Å². The summed E-state index contributed by atoms with van der Waals surface area (Å²) in [6, 6.07) is 0.902. The van der Waals surface area contributed by atoms with Crippen molar-refractivity contribution in [3.63, 3.8) is 0 Å². The molecule has 1 heterocycles. The molecule has 118 valence electrons. The monoisotopic (exact) mass is 302 g/mol. The lowest BCUT2D eigenvalue weighted by Gasteiger charge is -2.26. The largest absolute Gasteiger partial charge is 0.433 e. The molecule has 1 aromatic rings. The third-order valence-corrected chi connectivity index (χ3v) is 4.03. The van der Waals surface area contributed by atoms with Crippen molar-refractivity contribution in [1.82, 2.24) is 9.97 Å². The van der Waals surface area contributed by atoms with Gasteiger partial charge in [0, 0.05) is 12.6 Å². The van der Waals surface area contributed by atoms with Crippen molar-refractivity contribution in [1.29, 1.82) is 0 Å². The van der Waals surface area contributed by atoms with Gasteiger partial charge in [0.1, 0.15) is 5.82 Å². The zero-order valence-corrected chi connectivity index (χ0v) is 12.1. The first-order valence-corrected chi connectivity index (χ1v) is 7.30. The van der Waals surface area contributed by atoms with Crippen LogP contribution in [0.4, 0.5) is 24.9 Å². The first-order chi connectivity index (χ1) is 9.84. The maximum absolute atomic E-state index is 12.6. The van der Waals surface area contributed by atoms with Gasteiger partial charge in [-0.2, -0.15) is 18.2 Å². The summed E-state index contributed by atoms with van der Waals surface area (Å²) >= 11 is 0. The summed E-state index contributed by atoms with van der Waals surface area (Å²) in [5, 5.41) is 2.93. The second-order valence-corrected chi connectivity index (χ2v) is 5.84. The zero-order valence-electron chi connectivity index (χ0n) is 12.1. The molecule has 0 saturated heterocycles. The minimum atomic E-state index is -4.51. The van der Waals surface area contributed by atoms with E-state index in [-0.39, 0.29) is 11.8 Å². The highest BCUT2D eigenvalue weighted by Gasteiger charge is 2.33. The van der Waals surface area contributed by atoms with E-state index < -0.39 is 11.9 Å². The number of anilines is 2. The summed E-state index contributed by atoms with van der Waals surface area (Å²) in [5.41, 5.74) is 4.31. The van der Waals surface area contributed by atoms with E-state index in [1.807, 2.05) is 0 Å². The fourth-order valence-electron chi connectivity index (χ4n) is 2.72. The van der Waals surface area contributed by atoms with Crippen LogP contribution in [0.1, 0.15) is 44.7 Å². The molecule has 1 saturated carbocycles. The number of alkyl halides is 3. The van der Waals surface area contributed by atoms with Gasteiger partial charge in [-0.15, -0.1) is 0 Å². The number of aromatic nitrogens is 2. The van der Waals surface area contributed by atoms with Crippen LogP contribution in [0.2, 0.25) is 0 Å². The molecule has 0 bridgehead atoms. The normalized spacial score (nSPS) is 23.0. The molecule has 21 heavy (non-hydrogen) atoms. The molecule has 0 aliphatic heterocycles. The van der Waals surface area contributed by atoms with Crippen LogP contribution in [0.25, 0.3) is 0 Å². The van der Waals surface area contributed by atoms with Crippen LogP contribution >= 0.6 is 0 Å². The maximum Gasteiger partial charge on any atom is 0.433 e. The summed E-state index contributed by atoms with van der Waals surface area (Å²) in [5.74, 6) is 1.22. The predicted octanol–water partition coefficient (Wildman–Crippen LogP) is 3.71. The summed E-state index contributed by atoms with van der Waals surface area (Å²) in [4.78, 5) is 7.01. The van der Waals surface area contributed by atoms with Crippen molar-refractivity contribution in [3.05, 3.63) is 11.8 Å². The molecule has 2 rings (SSSR count). The van der Waals surface area contributed by atoms with Crippen molar-refractivity contribution in [3.8, 4) is 0 Å². The lowest BCUT2D eigenvalue weighted by molar-refractivity contribution is -0.141. The SMILES string of the molecule is CC1CCC(CCNc2cc(C(F)(F)F)nc(N)n2)CC1. The third kappa shape index (κ3) is 4.75. The van der Waals surface area contributed by atoms with E-state index in [1.165, 1.54) is 25.7 Å². The fraction of sp³-hybridized carbons (Fsp3) is 0.714. The Morgan fingerprint density at radius 3 is 2.52 bits per heavy atom. The van der Waals surface area contributed by atoms with Gasteiger partial charge in [0.05, 0.1) is 0 Å². The molecule has 7 heteroatoms. The number of rotatable bonds is 4. The second-order valence-electron chi connectivity index (χ2n) is 5.84. The summed E-state index contributed by atoms with van der Waals surface area (Å²) in [6.07, 6.45) is 1.31. The molecule has 3 N–H and O–H groups in total. The Labute approximate surface area is 122 Å². The average Bonchev–Trinajstić information content (AvgIpc) is 2.39. The quantitative estimate of drug-likeness (QED) is 0.890. The molecule has 1 aliphatic rings. The van der Waals surface area contributed by atoms with Gasteiger partial charge in [0.25, 0.3) is 0 Å². The molecule has 0 aromatic carbocycles. The first-order valence-electron chi connectivity index (χ1n) is 7.30. The van der Waals surface area contributed by atoms with Crippen LogP contribution in [-0.4, -0.2) is 16.5 Å². The number of halogens is 3. The third-order valence-electron chi connectivity index (χ3n) is 4.03. The molecule has 1 aromatic heterocycles. The first kappa shape index (κ1) is 15.9. The number of hydrogen-bond acceptors (Lipinski definition) is 4.